The van der Waals surface area contributed by atoms with Crippen LogP contribution < -0.4 is 0 Å². The minimum Gasteiger partial charge on any atom is -0.391 e. The van der Waals surface area contributed by atoms with Crippen LogP contribution in [-0.4, -0.2) is 39.4 Å². The molecule has 0 spiro atoms. The van der Waals surface area contributed by atoms with Crippen LogP contribution in [0.5, 0.6) is 0 Å². The van der Waals surface area contributed by atoms with E-state index in [-0.39, 0.29) is 19.3 Å². The zero-order chi connectivity index (χ0) is 12.6. The van der Waals surface area contributed by atoms with Crippen molar-refractivity contribution in [3.05, 3.63) is 11.9 Å². The fourth-order valence-corrected chi connectivity index (χ4v) is 2.65. The van der Waals surface area contributed by atoms with E-state index in [4.69, 9.17) is 4.74 Å². The number of rotatable bonds is 2. The van der Waals surface area contributed by atoms with Gasteiger partial charge in [0.1, 0.15) is 5.69 Å². The molecular formula is C12H18FN3O2. The summed E-state index contributed by atoms with van der Waals surface area (Å²) in [6.45, 7) is 0.109. The number of ether oxygens (including phenoxy) is 1. The second kappa shape index (κ2) is 4.59. The molecule has 2 fully saturated rings. The molecule has 18 heavy (non-hydrogen) atoms. The Morgan fingerprint density at radius 2 is 2.11 bits per heavy atom. The highest BCUT2D eigenvalue weighted by Gasteiger charge is 2.43. The molecule has 1 aromatic rings. The Balaban J connectivity index is 1.79. The van der Waals surface area contributed by atoms with Gasteiger partial charge in [-0.15, -0.1) is 5.10 Å². The Morgan fingerprint density at radius 1 is 1.33 bits per heavy atom. The smallest absolute Gasteiger partial charge is 0.202 e. The van der Waals surface area contributed by atoms with E-state index in [1.807, 2.05) is 0 Å². The topological polar surface area (TPSA) is 60.2 Å². The van der Waals surface area contributed by atoms with Crippen molar-refractivity contribution in [2.24, 2.45) is 0 Å². The first-order valence-corrected chi connectivity index (χ1v) is 6.56. The van der Waals surface area contributed by atoms with Gasteiger partial charge in [0.15, 0.2) is 0 Å². The Hall–Kier alpha value is -1.01. The van der Waals surface area contributed by atoms with Gasteiger partial charge in [0.2, 0.25) is 5.67 Å². The van der Waals surface area contributed by atoms with Crippen LogP contribution in [0.2, 0.25) is 0 Å². The summed E-state index contributed by atoms with van der Waals surface area (Å²) in [7, 11) is 0. The summed E-state index contributed by atoms with van der Waals surface area (Å²) in [5, 5.41) is 18.0. The number of hydrogen-bond acceptors (Lipinski definition) is 4. The lowest BCUT2D eigenvalue weighted by Gasteiger charge is -2.31. The van der Waals surface area contributed by atoms with Gasteiger partial charge in [-0.1, -0.05) is 24.5 Å². The third-order valence-corrected chi connectivity index (χ3v) is 3.91. The SMILES string of the molecule is O[C@@H]1CCCCC[C@H]1n1cc(C2(F)COC2)nn1. The molecule has 1 aromatic heterocycles. The minimum absolute atomic E-state index is 0.0545. The average molecular weight is 255 g/mol. The molecule has 0 bridgehead atoms. The average Bonchev–Trinajstić information content (AvgIpc) is 2.71. The van der Waals surface area contributed by atoms with Gasteiger partial charge in [0.25, 0.3) is 0 Å². The molecule has 5 nitrogen and oxygen atoms in total. The normalized spacial score (nSPS) is 31.7. The second-order valence-corrected chi connectivity index (χ2v) is 5.31. The summed E-state index contributed by atoms with van der Waals surface area (Å²) in [6.07, 6.45) is 6.12. The standard InChI is InChI=1S/C12H18FN3O2/c13-12(7-18-8-12)11-6-16(15-14-11)9-4-2-1-3-5-10(9)17/h6,9-10,17H,1-5,7-8H2/t9-,10-/m1/s1. The molecule has 2 atom stereocenters. The van der Waals surface area contributed by atoms with Crippen molar-refractivity contribution in [3.63, 3.8) is 0 Å². The molecular weight excluding hydrogens is 237 g/mol. The van der Waals surface area contributed by atoms with E-state index in [2.05, 4.69) is 10.3 Å². The molecule has 1 aliphatic heterocycles. The molecule has 1 saturated heterocycles. The van der Waals surface area contributed by atoms with Crippen LogP contribution in [0.1, 0.15) is 43.8 Å². The van der Waals surface area contributed by atoms with Crippen LogP contribution >= 0.6 is 0 Å². The highest BCUT2D eigenvalue weighted by Crippen LogP contribution is 2.33. The molecule has 0 unspecified atom stereocenters. The number of alkyl halides is 1. The fourth-order valence-electron chi connectivity index (χ4n) is 2.65. The summed E-state index contributed by atoms with van der Waals surface area (Å²) in [5.74, 6) is 0. The minimum atomic E-state index is -1.48. The van der Waals surface area contributed by atoms with Gasteiger partial charge in [-0.25, -0.2) is 9.07 Å². The van der Waals surface area contributed by atoms with Crippen molar-refractivity contribution < 1.29 is 14.2 Å². The fraction of sp³-hybridized carbons (Fsp3) is 0.833. The van der Waals surface area contributed by atoms with E-state index < -0.39 is 11.8 Å². The zero-order valence-electron chi connectivity index (χ0n) is 10.3. The molecule has 2 aliphatic rings. The van der Waals surface area contributed by atoms with Crippen LogP contribution in [-0.2, 0) is 10.4 Å². The van der Waals surface area contributed by atoms with Gasteiger partial charge >= 0.3 is 0 Å². The van der Waals surface area contributed by atoms with Gasteiger partial charge in [-0.05, 0) is 12.8 Å². The molecule has 6 heteroatoms. The maximum atomic E-state index is 14.1. The first-order valence-electron chi connectivity index (χ1n) is 6.56. The van der Waals surface area contributed by atoms with Crippen LogP contribution in [0, 0.1) is 0 Å². The lowest BCUT2D eigenvalue weighted by molar-refractivity contribution is -0.137. The zero-order valence-corrected chi connectivity index (χ0v) is 10.3. The van der Waals surface area contributed by atoms with Gasteiger partial charge in [0.05, 0.1) is 31.6 Å². The predicted molar refractivity (Wildman–Crippen MR) is 61.8 cm³/mol. The van der Waals surface area contributed by atoms with Gasteiger partial charge in [0, 0.05) is 0 Å². The van der Waals surface area contributed by atoms with E-state index in [0.717, 1.165) is 32.1 Å². The summed E-state index contributed by atoms with van der Waals surface area (Å²) >= 11 is 0. The molecule has 2 heterocycles. The summed E-state index contributed by atoms with van der Waals surface area (Å²) in [6, 6.07) is -0.0710. The van der Waals surface area contributed by atoms with Crippen LogP contribution in [0.3, 0.4) is 0 Å². The van der Waals surface area contributed by atoms with Crippen LogP contribution in [0.25, 0.3) is 0 Å². The summed E-state index contributed by atoms with van der Waals surface area (Å²) in [5.41, 5.74) is -1.15. The van der Waals surface area contributed by atoms with Gasteiger partial charge in [-0.3, -0.25) is 0 Å². The van der Waals surface area contributed by atoms with E-state index in [1.165, 1.54) is 0 Å². The third-order valence-electron chi connectivity index (χ3n) is 3.91. The van der Waals surface area contributed by atoms with E-state index in [1.54, 1.807) is 10.9 Å². The first kappa shape index (κ1) is 12.0. The monoisotopic (exact) mass is 255 g/mol. The molecule has 3 rings (SSSR count). The first-order chi connectivity index (χ1) is 8.69. The number of nitrogens with zero attached hydrogens (tertiary/aromatic N) is 3. The number of hydrogen-bond donors (Lipinski definition) is 1. The molecule has 0 aromatic carbocycles. The van der Waals surface area contributed by atoms with Crippen LogP contribution in [0.4, 0.5) is 4.39 Å². The van der Waals surface area contributed by atoms with Gasteiger partial charge < -0.3 is 9.84 Å². The van der Waals surface area contributed by atoms with Crippen LogP contribution in [0.15, 0.2) is 6.20 Å². The maximum absolute atomic E-state index is 14.1. The number of aliphatic hydroxyl groups excluding tert-OH is 1. The quantitative estimate of drug-likeness (QED) is 0.810. The summed E-state index contributed by atoms with van der Waals surface area (Å²) in [4.78, 5) is 0. The van der Waals surface area contributed by atoms with E-state index >= 15 is 0 Å². The highest BCUT2D eigenvalue weighted by atomic mass is 19.1. The van der Waals surface area contributed by atoms with Crippen molar-refractivity contribution in [2.75, 3.05) is 13.2 Å². The van der Waals surface area contributed by atoms with Crippen molar-refractivity contribution >= 4 is 0 Å². The Bertz CT molecular complexity index is 419. The third kappa shape index (κ3) is 2.03. The number of aromatic nitrogens is 3. The molecule has 100 valence electrons. The largest absolute Gasteiger partial charge is 0.391 e. The Morgan fingerprint density at radius 3 is 2.83 bits per heavy atom. The lowest BCUT2D eigenvalue weighted by atomic mass is 10.0. The van der Waals surface area contributed by atoms with E-state index in [0.29, 0.717) is 5.69 Å². The Labute approximate surface area is 105 Å². The number of halogens is 1. The molecule has 1 N–H and O–H groups in total. The molecule has 0 radical (unpaired) electrons. The van der Waals surface area contributed by atoms with Crippen molar-refractivity contribution in [2.45, 2.75) is 49.9 Å². The van der Waals surface area contributed by atoms with E-state index in [9.17, 15) is 9.50 Å². The van der Waals surface area contributed by atoms with Crippen molar-refractivity contribution in [1.29, 1.82) is 0 Å². The molecule has 1 aliphatic carbocycles. The Kier molecular flexibility index (Phi) is 3.07. The van der Waals surface area contributed by atoms with Crippen molar-refractivity contribution in [3.8, 4) is 0 Å². The molecule has 0 amide bonds. The lowest BCUT2D eigenvalue weighted by Crippen LogP contribution is -2.42. The number of aliphatic hydroxyl groups is 1. The van der Waals surface area contributed by atoms with Crippen molar-refractivity contribution in [1.82, 2.24) is 15.0 Å². The van der Waals surface area contributed by atoms with Gasteiger partial charge in [-0.2, -0.15) is 0 Å². The second-order valence-electron chi connectivity index (χ2n) is 5.31. The predicted octanol–water partition coefficient (Wildman–Crippen LogP) is 1.34. The maximum Gasteiger partial charge on any atom is 0.202 e. The molecule has 1 saturated carbocycles. The summed E-state index contributed by atoms with van der Waals surface area (Å²) < 4.78 is 20.6. The highest BCUT2D eigenvalue weighted by molar-refractivity contribution is 5.11.